The number of methoxy groups -OCH3 is 1. The molecule has 1 saturated carbocycles. The number of ether oxygens (including phenoxy) is 2. The number of amides is 1. The SMILES string of the molecule is CCOc1cc(C(=O)NCC2CC(O)C2)ccc1OC. The van der Waals surface area contributed by atoms with Crippen molar-refractivity contribution < 1.29 is 19.4 Å². The fourth-order valence-electron chi connectivity index (χ4n) is 2.29. The summed E-state index contributed by atoms with van der Waals surface area (Å²) in [5.74, 6) is 1.45. The fourth-order valence-corrected chi connectivity index (χ4v) is 2.29. The van der Waals surface area contributed by atoms with Gasteiger partial charge >= 0.3 is 0 Å². The van der Waals surface area contributed by atoms with Gasteiger partial charge in [-0.25, -0.2) is 0 Å². The molecule has 1 amide bonds. The Morgan fingerprint density at radius 1 is 1.40 bits per heavy atom. The summed E-state index contributed by atoms with van der Waals surface area (Å²) >= 11 is 0. The van der Waals surface area contributed by atoms with E-state index in [1.54, 1.807) is 25.3 Å². The Bertz CT molecular complexity index is 469. The van der Waals surface area contributed by atoms with E-state index in [1.807, 2.05) is 6.92 Å². The van der Waals surface area contributed by atoms with Crippen LogP contribution in [0, 0.1) is 5.92 Å². The average Bonchev–Trinajstić information content (AvgIpc) is 2.42. The second-order valence-corrected chi connectivity index (χ2v) is 5.00. The maximum Gasteiger partial charge on any atom is 0.251 e. The summed E-state index contributed by atoms with van der Waals surface area (Å²) in [6.45, 7) is 3.00. The molecule has 20 heavy (non-hydrogen) atoms. The Morgan fingerprint density at radius 2 is 2.15 bits per heavy atom. The van der Waals surface area contributed by atoms with Crippen molar-refractivity contribution in [1.29, 1.82) is 0 Å². The molecule has 0 bridgehead atoms. The van der Waals surface area contributed by atoms with E-state index in [0.717, 1.165) is 12.8 Å². The third-order valence-corrected chi connectivity index (χ3v) is 3.49. The summed E-state index contributed by atoms with van der Waals surface area (Å²) in [6.07, 6.45) is 1.35. The molecule has 0 aliphatic heterocycles. The number of hydrogen-bond acceptors (Lipinski definition) is 4. The molecule has 1 aliphatic carbocycles. The molecular weight excluding hydrogens is 258 g/mol. The Balaban J connectivity index is 1.96. The number of aliphatic hydroxyl groups excluding tert-OH is 1. The Labute approximate surface area is 118 Å². The molecule has 5 heteroatoms. The third kappa shape index (κ3) is 3.42. The van der Waals surface area contributed by atoms with Gasteiger partial charge in [0, 0.05) is 12.1 Å². The number of rotatable bonds is 6. The molecule has 2 rings (SSSR count). The standard InChI is InChI=1S/C15H21NO4/c1-3-20-14-8-11(4-5-13(14)19-2)15(18)16-9-10-6-12(17)7-10/h4-5,8,10,12,17H,3,6-7,9H2,1-2H3,(H,16,18). The highest BCUT2D eigenvalue weighted by Gasteiger charge is 2.27. The second kappa shape index (κ2) is 6.61. The molecule has 2 N–H and O–H groups in total. The van der Waals surface area contributed by atoms with E-state index >= 15 is 0 Å². The zero-order valence-electron chi connectivity index (χ0n) is 11.9. The normalized spacial score (nSPS) is 20.9. The van der Waals surface area contributed by atoms with Gasteiger partial charge in [-0.3, -0.25) is 4.79 Å². The zero-order valence-corrected chi connectivity index (χ0v) is 11.9. The van der Waals surface area contributed by atoms with Crippen molar-refractivity contribution >= 4 is 5.91 Å². The van der Waals surface area contributed by atoms with Crippen molar-refractivity contribution in [3.63, 3.8) is 0 Å². The van der Waals surface area contributed by atoms with Gasteiger partial charge in [-0.05, 0) is 43.9 Å². The number of carbonyl (C=O) groups excluding carboxylic acids is 1. The van der Waals surface area contributed by atoms with Crippen LogP contribution >= 0.6 is 0 Å². The van der Waals surface area contributed by atoms with Gasteiger partial charge in [-0.1, -0.05) is 0 Å². The first-order chi connectivity index (χ1) is 9.63. The Kier molecular flexibility index (Phi) is 4.84. The van der Waals surface area contributed by atoms with Crippen LogP contribution in [0.1, 0.15) is 30.1 Å². The fraction of sp³-hybridized carbons (Fsp3) is 0.533. The lowest BCUT2D eigenvalue weighted by Gasteiger charge is -2.31. The minimum atomic E-state index is -0.192. The highest BCUT2D eigenvalue weighted by molar-refractivity contribution is 5.94. The summed E-state index contributed by atoms with van der Waals surface area (Å²) in [5, 5.41) is 12.1. The number of carbonyl (C=O) groups is 1. The molecule has 0 radical (unpaired) electrons. The van der Waals surface area contributed by atoms with Gasteiger partial charge in [0.25, 0.3) is 5.91 Å². The lowest BCUT2D eigenvalue weighted by atomic mass is 9.82. The van der Waals surface area contributed by atoms with Crippen molar-refractivity contribution in [3.8, 4) is 11.5 Å². The van der Waals surface area contributed by atoms with Gasteiger partial charge in [0.05, 0.1) is 19.8 Å². The molecule has 0 atom stereocenters. The molecule has 1 fully saturated rings. The molecule has 0 aromatic heterocycles. The highest BCUT2D eigenvalue weighted by atomic mass is 16.5. The molecule has 1 aromatic rings. The van der Waals surface area contributed by atoms with Crippen LogP contribution in [-0.4, -0.2) is 37.4 Å². The summed E-state index contributed by atoms with van der Waals surface area (Å²) in [6, 6.07) is 5.13. The topological polar surface area (TPSA) is 67.8 Å². The van der Waals surface area contributed by atoms with E-state index < -0.39 is 0 Å². The first-order valence-corrected chi connectivity index (χ1v) is 6.91. The number of benzene rings is 1. The van der Waals surface area contributed by atoms with Gasteiger partial charge in [0.2, 0.25) is 0 Å². The monoisotopic (exact) mass is 279 g/mol. The average molecular weight is 279 g/mol. The van der Waals surface area contributed by atoms with Crippen LogP contribution in [0.3, 0.4) is 0 Å². The minimum Gasteiger partial charge on any atom is -0.493 e. The van der Waals surface area contributed by atoms with Gasteiger partial charge < -0.3 is 19.9 Å². The Hall–Kier alpha value is -1.75. The maximum absolute atomic E-state index is 12.1. The van der Waals surface area contributed by atoms with E-state index in [9.17, 15) is 9.90 Å². The first-order valence-electron chi connectivity index (χ1n) is 6.91. The molecule has 0 unspecified atom stereocenters. The van der Waals surface area contributed by atoms with E-state index in [-0.39, 0.29) is 12.0 Å². The van der Waals surface area contributed by atoms with Gasteiger partial charge in [-0.15, -0.1) is 0 Å². The molecule has 0 spiro atoms. The molecule has 0 heterocycles. The minimum absolute atomic E-state index is 0.130. The molecule has 110 valence electrons. The van der Waals surface area contributed by atoms with E-state index in [0.29, 0.717) is 36.1 Å². The van der Waals surface area contributed by atoms with Crippen molar-refractivity contribution in [3.05, 3.63) is 23.8 Å². The number of nitrogens with one attached hydrogen (secondary N) is 1. The van der Waals surface area contributed by atoms with Crippen LogP contribution < -0.4 is 14.8 Å². The van der Waals surface area contributed by atoms with Crippen LogP contribution in [0.2, 0.25) is 0 Å². The van der Waals surface area contributed by atoms with E-state index in [4.69, 9.17) is 9.47 Å². The Morgan fingerprint density at radius 3 is 2.75 bits per heavy atom. The smallest absolute Gasteiger partial charge is 0.251 e. The van der Waals surface area contributed by atoms with Crippen LogP contribution in [0.4, 0.5) is 0 Å². The zero-order chi connectivity index (χ0) is 14.5. The van der Waals surface area contributed by atoms with Crippen LogP contribution in [0.5, 0.6) is 11.5 Å². The summed E-state index contributed by atoms with van der Waals surface area (Å²) in [7, 11) is 1.57. The maximum atomic E-state index is 12.1. The van der Waals surface area contributed by atoms with Gasteiger partial charge in [-0.2, -0.15) is 0 Å². The van der Waals surface area contributed by atoms with Gasteiger partial charge in [0.15, 0.2) is 11.5 Å². The summed E-state index contributed by atoms with van der Waals surface area (Å²) in [5.41, 5.74) is 0.550. The van der Waals surface area contributed by atoms with Crippen LogP contribution in [0.15, 0.2) is 18.2 Å². The number of hydrogen-bond donors (Lipinski definition) is 2. The quantitative estimate of drug-likeness (QED) is 0.830. The second-order valence-electron chi connectivity index (χ2n) is 5.00. The predicted octanol–water partition coefficient (Wildman–Crippen LogP) is 1.59. The lowest BCUT2D eigenvalue weighted by Crippen LogP contribution is -2.38. The predicted molar refractivity (Wildman–Crippen MR) is 75.2 cm³/mol. The molecule has 0 saturated heterocycles. The molecular formula is C15H21NO4. The van der Waals surface area contributed by atoms with Crippen LogP contribution in [0.25, 0.3) is 0 Å². The van der Waals surface area contributed by atoms with E-state index in [1.165, 1.54) is 0 Å². The molecule has 1 aliphatic rings. The van der Waals surface area contributed by atoms with Crippen molar-refractivity contribution in [1.82, 2.24) is 5.32 Å². The first kappa shape index (κ1) is 14.7. The van der Waals surface area contributed by atoms with Gasteiger partial charge in [0.1, 0.15) is 0 Å². The van der Waals surface area contributed by atoms with E-state index in [2.05, 4.69) is 5.32 Å². The number of aliphatic hydroxyl groups is 1. The van der Waals surface area contributed by atoms with Crippen molar-refractivity contribution in [2.45, 2.75) is 25.9 Å². The summed E-state index contributed by atoms with van der Waals surface area (Å²) < 4.78 is 10.6. The largest absolute Gasteiger partial charge is 0.493 e. The van der Waals surface area contributed by atoms with Crippen LogP contribution in [-0.2, 0) is 0 Å². The summed E-state index contributed by atoms with van der Waals surface area (Å²) in [4.78, 5) is 12.1. The van der Waals surface area contributed by atoms with Crippen molar-refractivity contribution in [2.24, 2.45) is 5.92 Å². The molecule has 1 aromatic carbocycles. The lowest BCUT2D eigenvalue weighted by molar-refractivity contribution is 0.0420. The van der Waals surface area contributed by atoms with Crippen molar-refractivity contribution in [2.75, 3.05) is 20.3 Å². The molecule has 5 nitrogen and oxygen atoms in total. The highest BCUT2D eigenvalue weighted by Crippen LogP contribution is 2.28. The third-order valence-electron chi connectivity index (χ3n) is 3.49.